The third kappa shape index (κ3) is 8.14. The molecule has 8 nitrogen and oxygen atoms in total. The van der Waals surface area contributed by atoms with Crippen molar-refractivity contribution in [2.24, 2.45) is 0 Å². The first-order valence-corrected chi connectivity index (χ1v) is 14.0. The lowest BCUT2D eigenvalue weighted by molar-refractivity contribution is 0.0528. The van der Waals surface area contributed by atoms with Crippen molar-refractivity contribution in [3.05, 3.63) is 84.2 Å². The molecule has 8 heteroatoms. The standard InChI is InChI=1S/C36H36N2O6/c1-35(2,3)43-33(39)37-23-25(21-31(37)27-13-17-29(41-7)18-14-27)11-9-10-12-26-22-32(28-15-19-30(42-8)20-16-28)38(24-26)34(40)44-36(4,5)6/h13-24H,1-8H3. The lowest BCUT2D eigenvalue weighted by Gasteiger charge is -2.20. The summed E-state index contributed by atoms with van der Waals surface area (Å²) in [6, 6.07) is 18.4. The van der Waals surface area contributed by atoms with Gasteiger partial charge in [-0.15, -0.1) is 0 Å². The Balaban J connectivity index is 1.67. The summed E-state index contributed by atoms with van der Waals surface area (Å²) in [5.74, 6) is 13.2. The zero-order chi connectivity index (χ0) is 32.1. The van der Waals surface area contributed by atoms with Crippen LogP contribution in [0.4, 0.5) is 9.59 Å². The highest BCUT2D eigenvalue weighted by molar-refractivity contribution is 5.81. The second-order valence-electron chi connectivity index (χ2n) is 11.9. The quantitative estimate of drug-likeness (QED) is 0.227. The van der Waals surface area contributed by atoms with Crippen molar-refractivity contribution < 1.29 is 28.5 Å². The monoisotopic (exact) mass is 592 g/mol. The van der Waals surface area contributed by atoms with Crippen molar-refractivity contribution in [1.82, 2.24) is 9.13 Å². The molecule has 0 aliphatic heterocycles. The number of aromatic nitrogens is 2. The van der Waals surface area contributed by atoms with E-state index in [1.807, 2.05) is 90.1 Å². The molecule has 0 N–H and O–H groups in total. The summed E-state index contributed by atoms with van der Waals surface area (Å²) in [5.41, 5.74) is 2.67. The molecule has 0 saturated heterocycles. The molecule has 0 aliphatic rings. The van der Waals surface area contributed by atoms with E-state index >= 15 is 0 Å². The Morgan fingerprint density at radius 1 is 0.591 bits per heavy atom. The molecular weight excluding hydrogens is 556 g/mol. The second-order valence-corrected chi connectivity index (χ2v) is 11.9. The van der Waals surface area contributed by atoms with Crippen LogP contribution in [0.25, 0.3) is 22.5 Å². The van der Waals surface area contributed by atoms with E-state index in [4.69, 9.17) is 18.9 Å². The number of hydrogen-bond acceptors (Lipinski definition) is 6. The van der Waals surface area contributed by atoms with Crippen LogP contribution >= 0.6 is 0 Å². The van der Waals surface area contributed by atoms with Crippen molar-refractivity contribution in [1.29, 1.82) is 0 Å². The lowest BCUT2D eigenvalue weighted by atomic mass is 10.1. The van der Waals surface area contributed by atoms with Gasteiger partial charge in [-0.2, -0.15) is 0 Å². The maximum Gasteiger partial charge on any atom is 0.419 e. The molecule has 226 valence electrons. The number of ether oxygens (including phenoxy) is 4. The van der Waals surface area contributed by atoms with Gasteiger partial charge >= 0.3 is 12.2 Å². The number of methoxy groups -OCH3 is 2. The summed E-state index contributed by atoms with van der Waals surface area (Å²) in [7, 11) is 3.19. The third-order valence-electron chi connectivity index (χ3n) is 6.07. The molecule has 0 atom stereocenters. The average Bonchev–Trinajstić information content (AvgIpc) is 3.59. The van der Waals surface area contributed by atoms with Gasteiger partial charge in [0.2, 0.25) is 0 Å². The number of hydrogen-bond donors (Lipinski definition) is 0. The number of carbonyl (C=O) groups excluding carboxylic acids is 2. The van der Waals surface area contributed by atoms with Gasteiger partial charge < -0.3 is 18.9 Å². The van der Waals surface area contributed by atoms with E-state index in [2.05, 4.69) is 23.7 Å². The molecule has 0 fully saturated rings. The number of nitrogens with zero attached hydrogens (tertiary/aromatic N) is 2. The molecule has 44 heavy (non-hydrogen) atoms. The molecule has 2 aromatic carbocycles. The third-order valence-corrected chi connectivity index (χ3v) is 6.07. The SMILES string of the molecule is COc1ccc(-c2cc(C#CC#Cc3cc(-c4ccc(OC)cc4)n(C(=O)OC(C)(C)C)c3)cn2C(=O)OC(C)(C)C)cc1. The van der Waals surface area contributed by atoms with Gasteiger partial charge in [-0.1, -0.05) is 11.8 Å². The first-order chi connectivity index (χ1) is 20.8. The Bertz CT molecular complexity index is 1640. The van der Waals surface area contributed by atoms with Crippen LogP contribution in [0, 0.1) is 23.7 Å². The molecular formula is C36H36N2O6. The predicted octanol–water partition coefficient (Wildman–Crippen LogP) is 7.61. The van der Waals surface area contributed by atoms with Crippen LogP contribution in [-0.4, -0.2) is 46.7 Å². The summed E-state index contributed by atoms with van der Waals surface area (Å²) in [5, 5.41) is 0. The summed E-state index contributed by atoms with van der Waals surface area (Å²) in [6.45, 7) is 10.9. The van der Waals surface area contributed by atoms with E-state index in [9.17, 15) is 9.59 Å². The topological polar surface area (TPSA) is 80.9 Å². The Labute approximate surface area is 258 Å². The molecule has 0 radical (unpaired) electrons. The van der Waals surface area contributed by atoms with Crippen LogP contribution in [0.1, 0.15) is 52.7 Å². The van der Waals surface area contributed by atoms with Crippen LogP contribution < -0.4 is 9.47 Å². The molecule has 0 amide bonds. The van der Waals surface area contributed by atoms with Gasteiger partial charge in [0.1, 0.15) is 22.7 Å². The Kier molecular flexibility index (Phi) is 9.26. The Hall–Kier alpha value is -5.34. The zero-order valence-electron chi connectivity index (χ0n) is 26.3. The molecule has 4 aromatic rings. The van der Waals surface area contributed by atoms with Crippen molar-refractivity contribution >= 4 is 12.2 Å². The molecule has 0 aliphatic carbocycles. The molecule has 2 aromatic heterocycles. The summed E-state index contributed by atoms with van der Waals surface area (Å²) in [4.78, 5) is 26.1. The van der Waals surface area contributed by atoms with E-state index < -0.39 is 23.4 Å². The van der Waals surface area contributed by atoms with E-state index in [1.54, 1.807) is 38.7 Å². The smallest absolute Gasteiger partial charge is 0.419 e. The van der Waals surface area contributed by atoms with Crippen LogP contribution in [0.3, 0.4) is 0 Å². The van der Waals surface area contributed by atoms with Crippen LogP contribution in [0.15, 0.2) is 73.1 Å². The average molecular weight is 593 g/mol. The molecule has 0 saturated carbocycles. The van der Waals surface area contributed by atoms with Crippen molar-refractivity contribution in [3.8, 4) is 57.7 Å². The normalized spacial score (nSPS) is 11.0. The highest BCUT2D eigenvalue weighted by atomic mass is 16.6. The Morgan fingerprint density at radius 2 is 0.932 bits per heavy atom. The van der Waals surface area contributed by atoms with Crippen LogP contribution in [-0.2, 0) is 9.47 Å². The number of benzene rings is 2. The van der Waals surface area contributed by atoms with E-state index in [1.165, 1.54) is 9.13 Å². The first-order valence-electron chi connectivity index (χ1n) is 14.0. The summed E-state index contributed by atoms with van der Waals surface area (Å²) < 4.78 is 24.6. The molecule has 0 unspecified atom stereocenters. The molecule has 0 bridgehead atoms. The van der Waals surface area contributed by atoms with Crippen LogP contribution in [0.2, 0.25) is 0 Å². The first kappa shape index (κ1) is 31.6. The van der Waals surface area contributed by atoms with Gasteiger partial charge in [0.05, 0.1) is 25.6 Å². The molecule has 4 rings (SSSR count). The van der Waals surface area contributed by atoms with Gasteiger partial charge in [-0.25, -0.2) is 9.59 Å². The fraction of sp³-hybridized carbons (Fsp3) is 0.278. The summed E-state index contributed by atoms with van der Waals surface area (Å²) in [6.07, 6.45) is 2.22. The maximum atomic E-state index is 13.0. The predicted molar refractivity (Wildman–Crippen MR) is 170 cm³/mol. The van der Waals surface area contributed by atoms with Gasteiger partial charge in [0.25, 0.3) is 0 Å². The van der Waals surface area contributed by atoms with E-state index in [-0.39, 0.29) is 0 Å². The molecule has 0 spiro atoms. The van der Waals surface area contributed by atoms with Gasteiger partial charge in [-0.05, 0) is 125 Å². The van der Waals surface area contributed by atoms with Gasteiger partial charge in [-0.3, -0.25) is 9.13 Å². The van der Waals surface area contributed by atoms with Gasteiger partial charge in [0.15, 0.2) is 0 Å². The Morgan fingerprint density at radius 3 is 1.23 bits per heavy atom. The van der Waals surface area contributed by atoms with Crippen molar-refractivity contribution in [2.45, 2.75) is 52.7 Å². The van der Waals surface area contributed by atoms with Crippen molar-refractivity contribution in [2.75, 3.05) is 14.2 Å². The lowest BCUT2D eigenvalue weighted by Crippen LogP contribution is -2.27. The molecule has 2 heterocycles. The second kappa shape index (κ2) is 12.9. The highest BCUT2D eigenvalue weighted by Crippen LogP contribution is 2.27. The zero-order valence-corrected chi connectivity index (χ0v) is 26.3. The summed E-state index contributed by atoms with van der Waals surface area (Å²) >= 11 is 0. The maximum absolute atomic E-state index is 13.0. The van der Waals surface area contributed by atoms with E-state index in [0.717, 1.165) is 11.1 Å². The van der Waals surface area contributed by atoms with Crippen molar-refractivity contribution in [3.63, 3.8) is 0 Å². The number of carbonyl (C=O) groups is 2. The van der Waals surface area contributed by atoms with E-state index in [0.29, 0.717) is 34.0 Å². The van der Waals surface area contributed by atoms with Gasteiger partial charge in [0, 0.05) is 23.5 Å². The fourth-order valence-corrected chi connectivity index (χ4v) is 4.16. The fourth-order valence-electron chi connectivity index (χ4n) is 4.16. The minimum Gasteiger partial charge on any atom is -0.497 e. The van der Waals surface area contributed by atoms with Crippen LogP contribution in [0.5, 0.6) is 11.5 Å². The minimum atomic E-state index is -0.670. The highest BCUT2D eigenvalue weighted by Gasteiger charge is 2.22. The largest absolute Gasteiger partial charge is 0.497 e. The number of rotatable bonds is 4. The minimum absolute atomic E-state index is 0.517.